The van der Waals surface area contributed by atoms with Crippen LogP contribution >= 0.6 is 35.7 Å². The Morgan fingerprint density at radius 2 is 2.12 bits per heavy atom. The van der Waals surface area contributed by atoms with Gasteiger partial charge in [0, 0.05) is 24.9 Å². The maximum absolute atomic E-state index is 4.32. The molecule has 0 saturated carbocycles. The van der Waals surface area contributed by atoms with Gasteiger partial charge in [0.15, 0.2) is 5.96 Å². The summed E-state index contributed by atoms with van der Waals surface area (Å²) in [4.78, 5) is 8.28. The van der Waals surface area contributed by atoms with Gasteiger partial charge in [-0.2, -0.15) is 16.9 Å². The SMILES string of the molecule is CN=C(NCc1ccc(-n2cncn2)cc1)NCC1(C)CCCS1.I. The zero-order chi connectivity index (χ0) is 16.8. The standard InChI is InChI=1S/C17H24N6S.HI/c1-17(8-3-9-24-17)11-21-16(18-2)20-10-14-4-6-15(7-5-14)23-13-19-12-22-23;/h4-7,12-13H,3,8-11H2,1-2H3,(H2,18,20,21);1H. The van der Waals surface area contributed by atoms with Gasteiger partial charge in [0.25, 0.3) is 0 Å². The minimum atomic E-state index is 0. The molecule has 3 rings (SSSR count). The van der Waals surface area contributed by atoms with E-state index in [-0.39, 0.29) is 24.0 Å². The molecule has 136 valence electrons. The third kappa shape index (κ3) is 5.60. The molecule has 1 aromatic heterocycles. The van der Waals surface area contributed by atoms with Crippen LogP contribution in [0.15, 0.2) is 41.9 Å². The van der Waals surface area contributed by atoms with Crippen LogP contribution in [0.5, 0.6) is 0 Å². The van der Waals surface area contributed by atoms with Crippen LogP contribution in [0.4, 0.5) is 0 Å². The smallest absolute Gasteiger partial charge is 0.191 e. The van der Waals surface area contributed by atoms with E-state index in [1.54, 1.807) is 11.0 Å². The van der Waals surface area contributed by atoms with E-state index in [0.717, 1.165) is 24.7 Å². The van der Waals surface area contributed by atoms with Crippen molar-refractivity contribution in [2.75, 3.05) is 19.3 Å². The molecule has 0 amide bonds. The molecule has 25 heavy (non-hydrogen) atoms. The Morgan fingerprint density at radius 3 is 2.72 bits per heavy atom. The molecule has 0 radical (unpaired) electrons. The summed E-state index contributed by atoms with van der Waals surface area (Å²) in [5.74, 6) is 2.12. The lowest BCUT2D eigenvalue weighted by atomic mass is 10.1. The fourth-order valence-corrected chi connectivity index (χ4v) is 4.01. The fraction of sp³-hybridized carbons (Fsp3) is 0.471. The van der Waals surface area contributed by atoms with Gasteiger partial charge < -0.3 is 10.6 Å². The van der Waals surface area contributed by atoms with Gasteiger partial charge in [0.2, 0.25) is 0 Å². The molecule has 0 bridgehead atoms. The topological polar surface area (TPSA) is 67.1 Å². The number of aliphatic imine (C=N–C) groups is 1. The number of halogens is 1. The van der Waals surface area contributed by atoms with Crippen LogP contribution in [0.2, 0.25) is 0 Å². The lowest BCUT2D eigenvalue weighted by molar-refractivity contribution is 0.584. The first-order chi connectivity index (χ1) is 11.7. The predicted molar refractivity (Wildman–Crippen MR) is 115 cm³/mol. The van der Waals surface area contributed by atoms with Gasteiger partial charge in [0.1, 0.15) is 12.7 Å². The van der Waals surface area contributed by atoms with Crippen molar-refractivity contribution in [1.29, 1.82) is 0 Å². The molecule has 1 aromatic carbocycles. The van der Waals surface area contributed by atoms with Gasteiger partial charge >= 0.3 is 0 Å². The Morgan fingerprint density at radius 1 is 1.32 bits per heavy atom. The number of nitrogens with zero attached hydrogens (tertiary/aromatic N) is 4. The van der Waals surface area contributed by atoms with Gasteiger partial charge in [-0.05, 0) is 43.2 Å². The van der Waals surface area contributed by atoms with Crippen molar-refractivity contribution in [3.05, 3.63) is 42.5 Å². The highest BCUT2D eigenvalue weighted by molar-refractivity contribution is 14.0. The second-order valence-electron chi connectivity index (χ2n) is 6.19. The van der Waals surface area contributed by atoms with E-state index in [1.807, 2.05) is 19.2 Å². The van der Waals surface area contributed by atoms with E-state index in [4.69, 9.17) is 0 Å². The zero-order valence-electron chi connectivity index (χ0n) is 14.6. The minimum Gasteiger partial charge on any atom is -0.355 e. The molecule has 1 fully saturated rings. The van der Waals surface area contributed by atoms with Crippen molar-refractivity contribution in [3.8, 4) is 5.69 Å². The van der Waals surface area contributed by atoms with Crippen LogP contribution in [-0.4, -0.2) is 44.8 Å². The molecule has 1 aliphatic rings. The summed E-state index contributed by atoms with van der Waals surface area (Å²) in [6.45, 7) is 4.01. The quantitative estimate of drug-likeness (QED) is 0.398. The first-order valence-corrected chi connectivity index (χ1v) is 9.19. The molecule has 0 aliphatic carbocycles. The van der Waals surface area contributed by atoms with Gasteiger partial charge in [-0.15, -0.1) is 24.0 Å². The monoisotopic (exact) mass is 472 g/mol. The first kappa shape index (κ1) is 20.0. The molecule has 2 N–H and O–H groups in total. The van der Waals surface area contributed by atoms with Crippen LogP contribution in [0, 0.1) is 0 Å². The molecule has 2 heterocycles. The van der Waals surface area contributed by atoms with Crippen LogP contribution in [-0.2, 0) is 6.54 Å². The van der Waals surface area contributed by atoms with E-state index in [9.17, 15) is 0 Å². The van der Waals surface area contributed by atoms with Crippen molar-refractivity contribution in [2.45, 2.75) is 31.1 Å². The summed E-state index contributed by atoms with van der Waals surface area (Å²) in [5.41, 5.74) is 2.20. The highest BCUT2D eigenvalue weighted by atomic mass is 127. The maximum atomic E-state index is 4.32. The maximum Gasteiger partial charge on any atom is 0.191 e. The molecule has 1 unspecified atom stereocenters. The highest BCUT2D eigenvalue weighted by Gasteiger charge is 2.29. The molecule has 0 spiro atoms. The van der Waals surface area contributed by atoms with Crippen LogP contribution < -0.4 is 10.6 Å². The summed E-state index contributed by atoms with van der Waals surface area (Å²) in [7, 11) is 1.81. The lowest BCUT2D eigenvalue weighted by Gasteiger charge is -2.24. The third-order valence-electron chi connectivity index (χ3n) is 4.23. The second kappa shape index (κ2) is 9.42. The van der Waals surface area contributed by atoms with E-state index in [0.29, 0.717) is 4.75 Å². The molecule has 1 atom stereocenters. The van der Waals surface area contributed by atoms with Crippen LogP contribution in [0.25, 0.3) is 5.69 Å². The van der Waals surface area contributed by atoms with Crippen LogP contribution in [0.3, 0.4) is 0 Å². The number of rotatable bonds is 5. The third-order valence-corrected chi connectivity index (χ3v) is 5.77. The van der Waals surface area contributed by atoms with Crippen molar-refractivity contribution in [1.82, 2.24) is 25.4 Å². The van der Waals surface area contributed by atoms with E-state index in [2.05, 4.69) is 56.5 Å². The van der Waals surface area contributed by atoms with E-state index < -0.39 is 0 Å². The largest absolute Gasteiger partial charge is 0.355 e. The number of guanidine groups is 1. The van der Waals surface area contributed by atoms with Gasteiger partial charge in [-0.25, -0.2) is 9.67 Å². The number of aromatic nitrogens is 3. The average molecular weight is 472 g/mol. The predicted octanol–water partition coefficient (Wildman–Crippen LogP) is 2.84. The zero-order valence-corrected chi connectivity index (χ0v) is 17.8. The molecule has 6 nitrogen and oxygen atoms in total. The summed E-state index contributed by atoms with van der Waals surface area (Å²) in [6, 6.07) is 8.26. The Labute approximate surface area is 170 Å². The lowest BCUT2D eigenvalue weighted by Crippen LogP contribution is -2.43. The summed E-state index contributed by atoms with van der Waals surface area (Å²) >= 11 is 2.05. The summed E-state index contributed by atoms with van der Waals surface area (Å²) in [6.07, 6.45) is 5.81. The first-order valence-electron chi connectivity index (χ1n) is 8.21. The number of thioether (sulfide) groups is 1. The molecule has 8 heteroatoms. The molecule has 2 aromatic rings. The number of nitrogens with one attached hydrogen (secondary N) is 2. The Kier molecular flexibility index (Phi) is 7.55. The fourth-order valence-electron chi connectivity index (χ4n) is 2.76. The summed E-state index contributed by atoms with van der Waals surface area (Å²) < 4.78 is 2.08. The van der Waals surface area contributed by atoms with E-state index in [1.165, 1.54) is 30.5 Å². The average Bonchev–Trinajstić information content (AvgIpc) is 3.28. The Hall–Kier alpha value is -1.29. The number of hydrogen-bond acceptors (Lipinski definition) is 4. The molecular formula is C17H25IN6S. The number of hydrogen-bond donors (Lipinski definition) is 2. The summed E-state index contributed by atoms with van der Waals surface area (Å²) in [5, 5.41) is 11.0. The molecular weight excluding hydrogens is 447 g/mol. The highest BCUT2D eigenvalue weighted by Crippen LogP contribution is 2.36. The second-order valence-corrected chi connectivity index (χ2v) is 7.87. The van der Waals surface area contributed by atoms with Gasteiger partial charge in [-0.1, -0.05) is 12.1 Å². The number of benzene rings is 1. The molecule has 1 aliphatic heterocycles. The normalized spacial score (nSPS) is 20.2. The van der Waals surface area contributed by atoms with Crippen molar-refractivity contribution < 1.29 is 0 Å². The molecule has 1 saturated heterocycles. The van der Waals surface area contributed by atoms with Gasteiger partial charge in [0.05, 0.1) is 5.69 Å². The van der Waals surface area contributed by atoms with Crippen molar-refractivity contribution in [2.24, 2.45) is 4.99 Å². The Balaban J connectivity index is 0.00000225. The van der Waals surface area contributed by atoms with Gasteiger partial charge in [-0.3, -0.25) is 4.99 Å². The van der Waals surface area contributed by atoms with E-state index >= 15 is 0 Å². The minimum absolute atomic E-state index is 0. The van der Waals surface area contributed by atoms with Crippen LogP contribution in [0.1, 0.15) is 25.3 Å². The Bertz CT molecular complexity index is 665. The van der Waals surface area contributed by atoms with Crippen molar-refractivity contribution in [3.63, 3.8) is 0 Å². The van der Waals surface area contributed by atoms with Crippen molar-refractivity contribution >= 4 is 41.7 Å².